The molecule has 5 nitrogen and oxygen atoms in total. The van der Waals surface area contributed by atoms with Crippen molar-refractivity contribution in [3.63, 3.8) is 0 Å². The van der Waals surface area contributed by atoms with Crippen LogP contribution in [0.2, 0.25) is 10.0 Å². The van der Waals surface area contributed by atoms with E-state index in [1.54, 1.807) is 24.3 Å². The van der Waals surface area contributed by atoms with Crippen LogP contribution >= 0.6 is 23.2 Å². The fourth-order valence-corrected chi connectivity index (χ4v) is 4.90. The van der Waals surface area contributed by atoms with Crippen LogP contribution in [-0.2, 0) is 14.9 Å². The van der Waals surface area contributed by atoms with Crippen molar-refractivity contribution < 1.29 is 14.3 Å². The Morgan fingerprint density at radius 2 is 1.63 bits per heavy atom. The van der Waals surface area contributed by atoms with Gasteiger partial charge in [0.25, 0.3) is 5.91 Å². The Balaban J connectivity index is 1.48. The SMILES string of the molecule is O=C(CC(NC(=O)c1ccccc1Cl)c1ccccc1)NCC1(c2cccc(Cl)c2)CCOCC1. The molecule has 1 aliphatic rings. The van der Waals surface area contributed by atoms with E-state index in [0.29, 0.717) is 35.4 Å². The maximum atomic E-state index is 13.1. The third-order valence-corrected chi connectivity index (χ3v) is 7.09. The summed E-state index contributed by atoms with van der Waals surface area (Å²) < 4.78 is 5.60. The van der Waals surface area contributed by atoms with E-state index in [1.165, 1.54) is 0 Å². The summed E-state index contributed by atoms with van der Waals surface area (Å²) in [4.78, 5) is 26.1. The first-order chi connectivity index (χ1) is 17.0. The minimum absolute atomic E-state index is 0.0995. The number of nitrogens with one attached hydrogen (secondary N) is 2. The summed E-state index contributed by atoms with van der Waals surface area (Å²) in [6.45, 7) is 1.72. The minimum Gasteiger partial charge on any atom is -0.381 e. The first kappa shape index (κ1) is 25.2. The van der Waals surface area contributed by atoms with Gasteiger partial charge in [-0.25, -0.2) is 0 Å². The fourth-order valence-electron chi connectivity index (χ4n) is 4.49. The second-order valence-corrected chi connectivity index (χ2v) is 9.64. The summed E-state index contributed by atoms with van der Waals surface area (Å²) in [5.41, 5.74) is 2.07. The van der Waals surface area contributed by atoms with Crippen LogP contribution in [-0.4, -0.2) is 31.6 Å². The average Bonchev–Trinajstić information content (AvgIpc) is 2.88. The van der Waals surface area contributed by atoms with E-state index in [1.807, 2.05) is 48.5 Å². The van der Waals surface area contributed by atoms with Gasteiger partial charge >= 0.3 is 0 Å². The predicted molar refractivity (Wildman–Crippen MR) is 139 cm³/mol. The second-order valence-electron chi connectivity index (χ2n) is 8.80. The van der Waals surface area contributed by atoms with E-state index in [4.69, 9.17) is 27.9 Å². The first-order valence-electron chi connectivity index (χ1n) is 11.7. The molecule has 0 aliphatic carbocycles. The van der Waals surface area contributed by atoms with Crippen LogP contribution in [0.4, 0.5) is 0 Å². The largest absolute Gasteiger partial charge is 0.381 e. The van der Waals surface area contributed by atoms with Crippen molar-refractivity contribution >= 4 is 35.0 Å². The molecule has 1 unspecified atom stereocenters. The predicted octanol–water partition coefficient (Wildman–Crippen LogP) is 5.72. The number of hydrogen-bond donors (Lipinski definition) is 2. The Labute approximate surface area is 215 Å². The van der Waals surface area contributed by atoms with Crippen LogP contribution in [0.3, 0.4) is 0 Å². The highest BCUT2D eigenvalue weighted by atomic mass is 35.5. The van der Waals surface area contributed by atoms with Crippen LogP contribution in [0, 0.1) is 0 Å². The van der Waals surface area contributed by atoms with Gasteiger partial charge in [0, 0.05) is 30.2 Å². The number of benzene rings is 3. The molecule has 1 fully saturated rings. The van der Waals surface area contributed by atoms with Crippen molar-refractivity contribution in [1.29, 1.82) is 0 Å². The van der Waals surface area contributed by atoms with E-state index in [9.17, 15) is 9.59 Å². The standard InChI is InChI=1S/C28H28Cl2N2O3/c29-22-10-6-9-21(17-22)28(13-15-35-16-14-28)19-31-26(33)18-25(20-7-2-1-3-8-20)32-27(34)23-11-4-5-12-24(23)30/h1-12,17,25H,13-16,18-19H2,(H,31,33)(H,32,34). The summed E-state index contributed by atoms with van der Waals surface area (Å²) in [6, 6.07) is 23.6. The van der Waals surface area contributed by atoms with E-state index >= 15 is 0 Å². The highest BCUT2D eigenvalue weighted by molar-refractivity contribution is 6.33. The zero-order valence-corrected chi connectivity index (χ0v) is 20.8. The van der Waals surface area contributed by atoms with Crippen molar-refractivity contribution in [2.45, 2.75) is 30.7 Å². The molecular weight excluding hydrogens is 483 g/mol. The average molecular weight is 511 g/mol. The molecule has 2 N–H and O–H groups in total. The minimum atomic E-state index is -0.503. The van der Waals surface area contributed by atoms with Gasteiger partial charge < -0.3 is 15.4 Å². The van der Waals surface area contributed by atoms with E-state index in [0.717, 1.165) is 24.0 Å². The number of carbonyl (C=O) groups excluding carboxylic acids is 2. The third kappa shape index (κ3) is 6.43. The van der Waals surface area contributed by atoms with Crippen molar-refractivity contribution in [3.8, 4) is 0 Å². The monoisotopic (exact) mass is 510 g/mol. The molecule has 3 aromatic carbocycles. The molecule has 7 heteroatoms. The van der Waals surface area contributed by atoms with E-state index in [2.05, 4.69) is 16.7 Å². The molecule has 35 heavy (non-hydrogen) atoms. The fraction of sp³-hybridized carbons (Fsp3) is 0.286. The van der Waals surface area contributed by atoms with Crippen LogP contribution in [0.25, 0.3) is 0 Å². The van der Waals surface area contributed by atoms with Gasteiger partial charge in [-0.1, -0.05) is 77.8 Å². The molecule has 0 bridgehead atoms. The molecule has 1 aliphatic heterocycles. The second kappa shape index (κ2) is 11.7. The first-order valence-corrected chi connectivity index (χ1v) is 12.4. The Kier molecular flexibility index (Phi) is 8.45. The molecule has 1 saturated heterocycles. The van der Waals surface area contributed by atoms with Crippen molar-refractivity contribution in [2.75, 3.05) is 19.8 Å². The summed E-state index contributed by atoms with van der Waals surface area (Å²) >= 11 is 12.5. The number of amides is 2. The lowest BCUT2D eigenvalue weighted by atomic mass is 9.74. The van der Waals surface area contributed by atoms with Crippen LogP contribution in [0.15, 0.2) is 78.9 Å². The maximum absolute atomic E-state index is 13.1. The maximum Gasteiger partial charge on any atom is 0.253 e. The van der Waals surface area contributed by atoms with Gasteiger partial charge in [-0.05, 0) is 48.2 Å². The topological polar surface area (TPSA) is 67.4 Å². The lowest BCUT2D eigenvalue weighted by Crippen LogP contribution is -2.45. The van der Waals surface area contributed by atoms with Crippen molar-refractivity contribution in [3.05, 3.63) is 106 Å². The molecule has 182 valence electrons. The summed E-state index contributed by atoms with van der Waals surface area (Å²) in [7, 11) is 0. The molecule has 4 rings (SSSR count). The third-order valence-electron chi connectivity index (χ3n) is 6.53. The summed E-state index contributed by atoms with van der Waals surface area (Å²) in [5, 5.41) is 7.14. The Hall–Kier alpha value is -2.86. The van der Waals surface area contributed by atoms with Crippen LogP contribution in [0.5, 0.6) is 0 Å². The van der Waals surface area contributed by atoms with E-state index < -0.39 is 6.04 Å². The molecule has 1 atom stereocenters. The van der Waals surface area contributed by atoms with Gasteiger partial charge in [-0.15, -0.1) is 0 Å². The van der Waals surface area contributed by atoms with Gasteiger partial charge in [-0.3, -0.25) is 9.59 Å². The van der Waals surface area contributed by atoms with Crippen LogP contribution in [0.1, 0.15) is 46.8 Å². The van der Waals surface area contributed by atoms with Gasteiger partial charge in [-0.2, -0.15) is 0 Å². The lowest BCUT2D eigenvalue weighted by molar-refractivity contribution is -0.122. The number of carbonyl (C=O) groups is 2. The Bertz CT molecular complexity index is 1160. The number of hydrogen-bond acceptors (Lipinski definition) is 3. The highest BCUT2D eigenvalue weighted by Gasteiger charge is 2.35. The lowest BCUT2D eigenvalue weighted by Gasteiger charge is -2.38. The van der Waals surface area contributed by atoms with Gasteiger partial charge in [0.15, 0.2) is 0 Å². The Morgan fingerprint density at radius 3 is 2.34 bits per heavy atom. The highest BCUT2D eigenvalue weighted by Crippen LogP contribution is 2.35. The Morgan fingerprint density at radius 1 is 0.914 bits per heavy atom. The molecule has 2 amide bonds. The van der Waals surface area contributed by atoms with Gasteiger partial charge in [0.2, 0.25) is 5.91 Å². The zero-order chi connectivity index (χ0) is 24.7. The molecule has 0 spiro atoms. The van der Waals surface area contributed by atoms with Gasteiger partial charge in [0.1, 0.15) is 0 Å². The quantitative estimate of drug-likeness (QED) is 0.407. The molecule has 1 heterocycles. The van der Waals surface area contributed by atoms with E-state index in [-0.39, 0.29) is 23.7 Å². The smallest absolute Gasteiger partial charge is 0.253 e. The molecular formula is C28H28Cl2N2O3. The molecule has 3 aromatic rings. The summed E-state index contributed by atoms with van der Waals surface area (Å²) in [6.07, 6.45) is 1.68. The zero-order valence-electron chi connectivity index (χ0n) is 19.3. The number of halogens is 2. The van der Waals surface area contributed by atoms with Crippen molar-refractivity contribution in [2.24, 2.45) is 0 Å². The van der Waals surface area contributed by atoms with Crippen molar-refractivity contribution in [1.82, 2.24) is 10.6 Å². The molecule has 0 aromatic heterocycles. The number of rotatable bonds is 8. The summed E-state index contributed by atoms with van der Waals surface area (Å²) in [5.74, 6) is -0.469. The number of ether oxygens (including phenoxy) is 1. The molecule has 0 radical (unpaired) electrons. The van der Waals surface area contributed by atoms with Crippen LogP contribution < -0.4 is 10.6 Å². The molecule has 0 saturated carbocycles. The normalized spacial score (nSPS) is 15.7. The van der Waals surface area contributed by atoms with Gasteiger partial charge in [0.05, 0.1) is 23.0 Å².